The number of hydrogen-bond acceptors (Lipinski definition) is 6. The molecule has 6 nitrogen and oxygen atoms in total. The summed E-state index contributed by atoms with van der Waals surface area (Å²) in [4.78, 5) is 35.1. The van der Waals surface area contributed by atoms with Gasteiger partial charge in [0.15, 0.2) is 0 Å². The fraction of sp³-hybridized carbons (Fsp3) is 0.381. The van der Waals surface area contributed by atoms with Crippen molar-refractivity contribution >= 4 is 27.5 Å². The van der Waals surface area contributed by atoms with Crippen LogP contribution in [-0.2, 0) is 16.1 Å². The van der Waals surface area contributed by atoms with E-state index in [4.69, 9.17) is 4.74 Å². The summed E-state index contributed by atoms with van der Waals surface area (Å²) in [6, 6.07) is 8.05. The van der Waals surface area contributed by atoms with E-state index in [9.17, 15) is 14.0 Å². The quantitative estimate of drug-likeness (QED) is 0.645. The largest absolute Gasteiger partial charge is 0.466 e. The molecule has 1 fully saturated rings. The minimum absolute atomic E-state index is 0.134. The van der Waals surface area contributed by atoms with Gasteiger partial charge in [0.2, 0.25) is 0 Å². The highest BCUT2D eigenvalue weighted by atomic mass is 32.1. The van der Waals surface area contributed by atoms with Gasteiger partial charge in [-0.25, -0.2) is 9.37 Å². The van der Waals surface area contributed by atoms with Crippen LogP contribution in [0.2, 0.25) is 0 Å². The van der Waals surface area contributed by atoms with Crippen LogP contribution in [0, 0.1) is 11.7 Å². The molecule has 1 saturated heterocycles. The fourth-order valence-electron chi connectivity index (χ4n) is 3.68. The molecule has 152 valence electrons. The van der Waals surface area contributed by atoms with Crippen LogP contribution in [0.15, 0.2) is 35.1 Å². The first kappa shape index (κ1) is 19.7. The molecular weight excluding hydrogens is 393 g/mol. The van der Waals surface area contributed by atoms with Gasteiger partial charge < -0.3 is 9.72 Å². The number of benzene rings is 1. The van der Waals surface area contributed by atoms with Gasteiger partial charge in [-0.3, -0.25) is 14.5 Å². The zero-order chi connectivity index (χ0) is 20.4. The van der Waals surface area contributed by atoms with Crippen LogP contribution in [0.4, 0.5) is 4.39 Å². The van der Waals surface area contributed by atoms with E-state index in [0.717, 1.165) is 29.8 Å². The molecular formula is C21H22FN3O3S. The summed E-state index contributed by atoms with van der Waals surface area (Å²) in [6.07, 6.45) is 1.73. The minimum atomic E-state index is -0.296. The number of aromatic nitrogens is 2. The number of ether oxygens (including phenoxy) is 1. The van der Waals surface area contributed by atoms with Gasteiger partial charge >= 0.3 is 5.97 Å². The number of piperidine rings is 1. The first-order valence-electron chi connectivity index (χ1n) is 9.71. The molecule has 0 bridgehead atoms. The minimum Gasteiger partial charge on any atom is -0.466 e. The van der Waals surface area contributed by atoms with E-state index >= 15 is 0 Å². The molecule has 1 unspecified atom stereocenters. The third kappa shape index (κ3) is 4.38. The summed E-state index contributed by atoms with van der Waals surface area (Å²) >= 11 is 1.34. The Morgan fingerprint density at radius 3 is 2.93 bits per heavy atom. The summed E-state index contributed by atoms with van der Waals surface area (Å²) in [5.41, 5.74) is 1.30. The second kappa shape index (κ2) is 8.42. The number of hydrogen-bond donors (Lipinski definition) is 1. The molecule has 3 heterocycles. The lowest BCUT2D eigenvalue weighted by Gasteiger charge is -2.30. The number of aromatic amines is 1. The molecule has 2 aromatic heterocycles. The number of esters is 1. The van der Waals surface area contributed by atoms with Gasteiger partial charge in [-0.15, -0.1) is 11.3 Å². The molecule has 0 aliphatic carbocycles. The number of halogens is 1. The summed E-state index contributed by atoms with van der Waals surface area (Å²) < 4.78 is 18.9. The zero-order valence-electron chi connectivity index (χ0n) is 16.1. The predicted octanol–water partition coefficient (Wildman–Crippen LogP) is 3.57. The van der Waals surface area contributed by atoms with Crippen LogP contribution in [0.5, 0.6) is 0 Å². The highest BCUT2D eigenvalue weighted by Gasteiger charge is 2.27. The number of nitrogens with zero attached hydrogens (tertiary/aromatic N) is 2. The van der Waals surface area contributed by atoms with Crippen LogP contribution in [0.1, 0.15) is 25.6 Å². The number of rotatable bonds is 5. The van der Waals surface area contributed by atoms with Crippen molar-refractivity contribution in [1.82, 2.24) is 14.9 Å². The first-order valence-corrected chi connectivity index (χ1v) is 10.5. The molecule has 0 saturated carbocycles. The molecule has 1 atom stereocenters. The lowest BCUT2D eigenvalue weighted by Crippen LogP contribution is -2.39. The van der Waals surface area contributed by atoms with E-state index in [2.05, 4.69) is 14.9 Å². The van der Waals surface area contributed by atoms with Gasteiger partial charge in [0.1, 0.15) is 16.3 Å². The second-order valence-corrected chi connectivity index (χ2v) is 8.22. The predicted molar refractivity (Wildman–Crippen MR) is 110 cm³/mol. The van der Waals surface area contributed by atoms with Crippen LogP contribution in [0.3, 0.4) is 0 Å². The normalized spacial score (nSPS) is 17.5. The van der Waals surface area contributed by atoms with Crippen molar-refractivity contribution in [3.63, 3.8) is 0 Å². The van der Waals surface area contributed by atoms with Gasteiger partial charge in [0.25, 0.3) is 5.56 Å². The van der Waals surface area contributed by atoms with E-state index in [1.54, 1.807) is 12.1 Å². The van der Waals surface area contributed by atoms with E-state index in [1.165, 1.54) is 23.5 Å². The van der Waals surface area contributed by atoms with Crippen molar-refractivity contribution in [1.29, 1.82) is 0 Å². The molecule has 1 aromatic carbocycles. The Morgan fingerprint density at radius 1 is 1.38 bits per heavy atom. The molecule has 0 radical (unpaired) electrons. The molecule has 1 aliphatic rings. The van der Waals surface area contributed by atoms with Crippen LogP contribution < -0.4 is 5.56 Å². The Balaban J connectivity index is 1.54. The average molecular weight is 415 g/mol. The maximum absolute atomic E-state index is 13.2. The summed E-state index contributed by atoms with van der Waals surface area (Å²) in [5.74, 6) is -0.00695. The molecule has 3 aromatic rings. The van der Waals surface area contributed by atoms with Crippen molar-refractivity contribution in [3.05, 3.63) is 52.3 Å². The van der Waals surface area contributed by atoms with Crippen molar-refractivity contribution in [2.75, 3.05) is 19.7 Å². The van der Waals surface area contributed by atoms with Crippen LogP contribution in [0.25, 0.3) is 20.7 Å². The summed E-state index contributed by atoms with van der Waals surface area (Å²) in [6.45, 7) is 4.12. The Kier molecular flexibility index (Phi) is 5.73. The highest BCUT2D eigenvalue weighted by Crippen LogP contribution is 2.31. The summed E-state index contributed by atoms with van der Waals surface area (Å²) in [7, 11) is 0. The molecule has 29 heavy (non-hydrogen) atoms. The molecule has 4 rings (SSSR count). The molecule has 1 N–H and O–H groups in total. The van der Waals surface area contributed by atoms with Crippen molar-refractivity contribution in [2.24, 2.45) is 5.92 Å². The Morgan fingerprint density at radius 2 is 2.17 bits per heavy atom. The van der Waals surface area contributed by atoms with Crippen LogP contribution >= 0.6 is 11.3 Å². The zero-order valence-corrected chi connectivity index (χ0v) is 16.9. The van der Waals surface area contributed by atoms with E-state index in [1.807, 2.05) is 13.0 Å². The van der Waals surface area contributed by atoms with Gasteiger partial charge in [-0.1, -0.05) is 12.1 Å². The van der Waals surface area contributed by atoms with E-state index in [0.29, 0.717) is 35.7 Å². The van der Waals surface area contributed by atoms with Crippen LogP contribution in [-0.4, -0.2) is 40.5 Å². The lowest BCUT2D eigenvalue weighted by atomic mass is 9.98. The molecule has 0 spiro atoms. The maximum atomic E-state index is 13.2. The van der Waals surface area contributed by atoms with E-state index < -0.39 is 0 Å². The van der Waals surface area contributed by atoms with E-state index in [-0.39, 0.29) is 23.3 Å². The third-order valence-electron chi connectivity index (χ3n) is 5.06. The number of H-pyrrole nitrogens is 1. The van der Waals surface area contributed by atoms with Gasteiger partial charge in [-0.2, -0.15) is 0 Å². The number of fused-ring (bicyclic) bond motifs is 1. The lowest BCUT2D eigenvalue weighted by molar-refractivity contribution is -0.150. The first-order chi connectivity index (χ1) is 14.0. The molecule has 0 amide bonds. The smallest absolute Gasteiger partial charge is 0.310 e. The number of nitrogens with one attached hydrogen (secondary N) is 1. The fourth-order valence-corrected chi connectivity index (χ4v) is 4.68. The summed E-state index contributed by atoms with van der Waals surface area (Å²) in [5, 5.41) is 0. The maximum Gasteiger partial charge on any atom is 0.310 e. The standard InChI is InChI=1S/C21H22FN3O3S/c1-2-28-21(27)14-4-3-9-25(11-14)12-18-23-16-10-17(29-19(16)20(26)24-18)13-5-7-15(22)8-6-13/h5-8,10,14H,2-4,9,11-12H2,1H3,(H,23,24,26). The molecule has 1 aliphatic heterocycles. The third-order valence-corrected chi connectivity index (χ3v) is 6.23. The number of carbonyl (C=O) groups excluding carboxylic acids is 1. The van der Waals surface area contributed by atoms with Gasteiger partial charge in [-0.05, 0) is 50.1 Å². The average Bonchev–Trinajstić information content (AvgIpc) is 3.14. The van der Waals surface area contributed by atoms with Crippen molar-refractivity contribution in [3.8, 4) is 10.4 Å². The second-order valence-electron chi connectivity index (χ2n) is 7.17. The van der Waals surface area contributed by atoms with Crippen molar-refractivity contribution in [2.45, 2.75) is 26.3 Å². The topological polar surface area (TPSA) is 75.3 Å². The number of carbonyl (C=O) groups is 1. The number of thiophene rings is 1. The monoisotopic (exact) mass is 415 g/mol. The molecule has 8 heteroatoms. The Labute approximate surface area is 171 Å². The highest BCUT2D eigenvalue weighted by molar-refractivity contribution is 7.22. The Bertz CT molecular complexity index is 1080. The Hall–Kier alpha value is -2.58. The van der Waals surface area contributed by atoms with Gasteiger partial charge in [0, 0.05) is 11.4 Å². The number of likely N-dealkylation sites (tertiary alicyclic amines) is 1. The SMILES string of the molecule is CCOC(=O)C1CCCN(Cc2nc3cc(-c4ccc(F)cc4)sc3c(=O)[nH]2)C1. The van der Waals surface area contributed by atoms with Gasteiger partial charge in [0.05, 0.1) is 24.6 Å². The van der Waals surface area contributed by atoms with Crippen molar-refractivity contribution < 1.29 is 13.9 Å².